The van der Waals surface area contributed by atoms with Crippen LogP contribution in [0, 0.1) is 0 Å². The predicted octanol–water partition coefficient (Wildman–Crippen LogP) is 2.60. The van der Waals surface area contributed by atoms with E-state index in [0.29, 0.717) is 25.9 Å². The number of nitrogens with zero attached hydrogens (tertiary/aromatic N) is 1. The standard InChI is InChI=1S/C15H19F3N2O4S/c1-2-24-14(21)20-9-7-12(8-10-20)19-25(22,23)13-5-3-11(4-6-13)15(16,17)18/h3-6,12,19H,2,7-10H2,1H3. The second-order valence-corrected chi connectivity index (χ2v) is 7.32. The van der Waals surface area contributed by atoms with Gasteiger partial charge in [0.15, 0.2) is 0 Å². The molecule has 0 saturated carbocycles. The average Bonchev–Trinajstić information content (AvgIpc) is 2.55. The lowest BCUT2D eigenvalue weighted by Crippen LogP contribution is -2.46. The van der Waals surface area contributed by atoms with Gasteiger partial charge in [0.25, 0.3) is 0 Å². The van der Waals surface area contributed by atoms with Gasteiger partial charge in [-0.1, -0.05) is 0 Å². The van der Waals surface area contributed by atoms with Gasteiger partial charge in [-0.15, -0.1) is 0 Å². The van der Waals surface area contributed by atoms with E-state index in [9.17, 15) is 26.4 Å². The molecule has 0 aromatic heterocycles. The van der Waals surface area contributed by atoms with Crippen molar-refractivity contribution in [2.75, 3.05) is 19.7 Å². The molecule has 1 N–H and O–H groups in total. The number of benzene rings is 1. The Bertz CT molecular complexity index is 696. The van der Waals surface area contributed by atoms with Crippen molar-refractivity contribution in [1.82, 2.24) is 9.62 Å². The number of ether oxygens (including phenoxy) is 1. The molecule has 0 bridgehead atoms. The molecule has 1 fully saturated rings. The summed E-state index contributed by atoms with van der Waals surface area (Å²) >= 11 is 0. The van der Waals surface area contributed by atoms with Crippen molar-refractivity contribution in [1.29, 1.82) is 0 Å². The average molecular weight is 380 g/mol. The molecule has 1 aromatic rings. The van der Waals surface area contributed by atoms with Gasteiger partial charge in [0, 0.05) is 19.1 Å². The van der Waals surface area contributed by atoms with E-state index < -0.39 is 33.9 Å². The van der Waals surface area contributed by atoms with Gasteiger partial charge in [0.2, 0.25) is 10.0 Å². The molecule has 1 amide bonds. The first-order valence-corrected chi connectivity index (χ1v) is 9.23. The number of carbonyl (C=O) groups is 1. The summed E-state index contributed by atoms with van der Waals surface area (Å²) in [6, 6.07) is 2.94. The van der Waals surface area contributed by atoms with Crippen molar-refractivity contribution >= 4 is 16.1 Å². The minimum Gasteiger partial charge on any atom is -0.450 e. The van der Waals surface area contributed by atoms with Crippen LogP contribution in [0.25, 0.3) is 0 Å². The zero-order valence-corrected chi connectivity index (χ0v) is 14.4. The van der Waals surface area contributed by atoms with Crippen LogP contribution in [0.5, 0.6) is 0 Å². The summed E-state index contributed by atoms with van der Waals surface area (Å²) in [7, 11) is -3.92. The molecule has 6 nitrogen and oxygen atoms in total. The molecule has 0 spiro atoms. The van der Waals surface area contributed by atoms with Crippen LogP contribution in [0.15, 0.2) is 29.2 Å². The Labute approximate surface area is 144 Å². The number of alkyl halides is 3. The third kappa shape index (κ3) is 5.08. The van der Waals surface area contributed by atoms with E-state index in [-0.39, 0.29) is 11.5 Å². The van der Waals surface area contributed by atoms with E-state index in [1.54, 1.807) is 6.92 Å². The second kappa shape index (κ2) is 7.61. The van der Waals surface area contributed by atoms with Crippen molar-refractivity contribution in [2.24, 2.45) is 0 Å². The molecule has 10 heteroatoms. The van der Waals surface area contributed by atoms with E-state index in [1.165, 1.54) is 4.90 Å². The summed E-state index contributed by atoms with van der Waals surface area (Å²) < 4.78 is 69.5. The number of sulfonamides is 1. The van der Waals surface area contributed by atoms with Crippen LogP contribution in [0.4, 0.5) is 18.0 Å². The zero-order chi connectivity index (χ0) is 18.7. The molecular formula is C15H19F3N2O4S. The molecule has 1 aromatic carbocycles. The fraction of sp³-hybridized carbons (Fsp3) is 0.533. The van der Waals surface area contributed by atoms with Gasteiger partial charge in [0.1, 0.15) is 0 Å². The van der Waals surface area contributed by atoms with Gasteiger partial charge in [-0.3, -0.25) is 0 Å². The first kappa shape index (κ1) is 19.5. The molecule has 0 aliphatic carbocycles. The minimum absolute atomic E-state index is 0.228. The summed E-state index contributed by atoms with van der Waals surface area (Å²) in [4.78, 5) is 12.9. The molecule has 0 radical (unpaired) electrons. The Kier molecular flexibility index (Phi) is 5.94. The Hall–Kier alpha value is -1.81. The lowest BCUT2D eigenvalue weighted by molar-refractivity contribution is -0.137. The Morgan fingerprint density at radius 1 is 1.24 bits per heavy atom. The summed E-state index contributed by atoms with van der Waals surface area (Å²) in [5, 5.41) is 0. The van der Waals surface area contributed by atoms with Gasteiger partial charge in [-0.25, -0.2) is 17.9 Å². The third-order valence-corrected chi connectivity index (χ3v) is 5.37. The van der Waals surface area contributed by atoms with Gasteiger partial charge in [-0.2, -0.15) is 13.2 Å². The number of piperidine rings is 1. The monoisotopic (exact) mass is 380 g/mol. The Morgan fingerprint density at radius 2 is 1.80 bits per heavy atom. The van der Waals surface area contributed by atoms with Crippen LogP contribution in [-0.2, 0) is 20.9 Å². The van der Waals surface area contributed by atoms with Crippen molar-refractivity contribution < 1.29 is 31.1 Å². The lowest BCUT2D eigenvalue weighted by atomic mass is 10.1. The van der Waals surface area contributed by atoms with E-state index in [4.69, 9.17) is 4.74 Å². The van der Waals surface area contributed by atoms with Crippen molar-refractivity contribution in [2.45, 2.75) is 36.9 Å². The van der Waals surface area contributed by atoms with E-state index in [2.05, 4.69) is 4.72 Å². The molecule has 2 rings (SSSR count). The van der Waals surface area contributed by atoms with Crippen LogP contribution < -0.4 is 4.72 Å². The molecule has 0 unspecified atom stereocenters. The number of carbonyl (C=O) groups excluding carboxylic acids is 1. The number of rotatable bonds is 4. The van der Waals surface area contributed by atoms with E-state index in [0.717, 1.165) is 24.3 Å². The van der Waals surface area contributed by atoms with E-state index >= 15 is 0 Å². The molecule has 1 aliphatic heterocycles. The van der Waals surface area contributed by atoms with Gasteiger partial charge >= 0.3 is 12.3 Å². The maximum Gasteiger partial charge on any atom is 0.416 e. The van der Waals surface area contributed by atoms with Crippen LogP contribution in [0.2, 0.25) is 0 Å². The van der Waals surface area contributed by atoms with Crippen LogP contribution in [0.1, 0.15) is 25.3 Å². The van der Waals surface area contributed by atoms with Crippen LogP contribution in [0.3, 0.4) is 0 Å². The number of nitrogens with one attached hydrogen (secondary N) is 1. The lowest BCUT2D eigenvalue weighted by Gasteiger charge is -2.31. The van der Waals surface area contributed by atoms with Crippen LogP contribution in [-0.4, -0.2) is 45.1 Å². The van der Waals surface area contributed by atoms with Gasteiger partial charge in [-0.05, 0) is 44.0 Å². The fourth-order valence-electron chi connectivity index (χ4n) is 2.51. The topological polar surface area (TPSA) is 75.7 Å². The third-order valence-electron chi connectivity index (χ3n) is 3.83. The molecule has 1 saturated heterocycles. The first-order chi connectivity index (χ1) is 11.6. The molecule has 1 heterocycles. The van der Waals surface area contributed by atoms with E-state index in [1.807, 2.05) is 0 Å². The molecule has 25 heavy (non-hydrogen) atoms. The maximum absolute atomic E-state index is 12.5. The smallest absolute Gasteiger partial charge is 0.416 e. The van der Waals surface area contributed by atoms with Crippen molar-refractivity contribution in [3.8, 4) is 0 Å². The zero-order valence-electron chi connectivity index (χ0n) is 13.5. The molecular weight excluding hydrogens is 361 g/mol. The Balaban J connectivity index is 1.97. The maximum atomic E-state index is 12.5. The fourth-order valence-corrected chi connectivity index (χ4v) is 3.81. The number of halogens is 3. The molecule has 140 valence electrons. The number of amides is 1. The Morgan fingerprint density at radius 3 is 2.28 bits per heavy atom. The van der Waals surface area contributed by atoms with Crippen LogP contribution >= 0.6 is 0 Å². The highest BCUT2D eigenvalue weighted by Gasteiger charge is 2.31. The SMILES string of the molecule is CCOC(=O)N1CCC(NS(=O)(=O)c2ccc(C(F)(F)F)cc2)CC1. The van der Waals surface area contributed by atoms with Crippen molar-refractivity contribution in [3.63, 3.8) is 0 Å². The summed E-state index contributed by atoms with van der Waals surface area (Å²) in [5.41, 5.74) is -0.908. The highest BCUT2D eigenvalue weighted by Crippen LogP contribution is 2.29. The summed E-state index contributed by atoms with van der Waals surface area (Å²) in [6.45, 7) is 2.65. The summed E-state index contributed by atoms with van der Waals surface area (Å²) in [5.74, 6) is 0. The molecule has 1 aliphatic rings. The predicted molar refractivity (Wildman–Crippen MR) is 83.4 cm³/mol. The highest BCUT2D eigenvalue weighted by atomic mass is 32.2. The van der Waals surface area contributed by atoms with Gasteiger partial charge < -0.3 is 9.64 Å². The minimum atomic E-state index is -4.52. The number of hydrogen-bond acceptors (Lipinski definition) is 4. The first-order valence-electron chi connectivity index (χ1n) is 7.75. The highest BCUT2D eigenvalue weighted by molar-refractivity contribution is 7.89. The largest absolute Gasteiger partial charge is 0.450 e. The second-order valence-electron chi connectivity index (χ2n) is 5.60. The van der Waals surface area contributed by atoms with Crippen molar-refractivity contribution in [3.05, 3.63) is 29.8 Å². The number of hydrogen-bond donors (Lipinski definition) is 1. The summed E-state index contributed by atoms with van der Waals surface area (Å²) in [6.07, 6.45) is -4.15. The quantitative estimate of drug-likeness (QED) is 0.871. The van der Waals surface area contributed by atoms with Gasteiger partial charge in [0.05, 0.1) is 17.1 Å². The normalized spacial score (nSPS) is 16.7. The number of likely N-dealkylation sites (tertiary alicyclic amines) is 1. The molecule has 0 atom stereocenters.